The second kappa shape index (κ2) is 5.87. The number of benzene rings is 1. The molecule has 0 amide bonds. The van der Waals surface area contributed by atoms with Crippen LogP contribution in [0.15, 0.2) is 72.5 Å². The zero-order valence-corrected chi connectivity index (χ0v) is 11.4. The van der Waals surface area contributed by atoms with Gasteiger partial charge in [-0.25, -0.2) is 8.78 Å². The summed E-state index contributed by atoms with van der Waals surface area (Å²) in [4.78, 5) is 1.58. The second-order valence-corrected chi connectivity index (χ2v) is 4.65. The van der Waals surface area contributed by atoms with E-state index < -0.39 is 6.43 Å². The summed E-state index contributed by atoms with van der Waals surface area (Å²) in [6.45, 7) is 9.19. The summed E-state index contributed by atoms with van der Waals surface area (Å²) in [7, 11) is 0. The fraction of sp³-hybridized carbons (Fsp3) is 0.176. The van der Waals surface area contributed by atoms with Crippen molar-refractivity contribution in [3.8, 4) is 0 Å². The Balaban J connectivity index is 2.55. The van der Waals surface area contributed by atoms with Crippen molar-refractivity contribution in [2.45, 2.75) is 13.3 Å². The largest absolute Gasteiger partial charge is 0.335 e. The normalized spacial score (nSPS) is 15.7. The van der Waals surface area contributed by atoms with E-state index in [1.54, 1.807) is 11.0 Å². The first-order chi connectivity index (χ1) is 9.54. The summed E-state index contributed by atoms with van der Waals surface area (Å²) >= 11 is 0. The molecule has 0 fully saturated rings. The highest BCUT2D eigenvalue weighted by Gasteiger charge is 2.25. The number of allylic oxidation sites excluding steroid dienone is 3. The minimum Gasteiger partial charge on any atom is -0.335 e. The van der Waals surface area contributed by atoms with Crippen LogP contribution in [0.1, 0.15) is 12.5 Å². The van der Waals surface area contributed by atoms with Gasteiger partial charge >= 0.3 is 0 Å². The van der Waals surface area contributed by atoms with Gasteiger partial charge in [-0.1, -0.05) is 49.6 Å². The molecule has 1 aromatic rings. The van der Waals surface area contributed by atoms with Crippen LogP contribution in [-0.4, -0.2) is 17.9 Å². The van der Waals surface area contributed by atoms with E-state index in [-0.39, 0.29) is 6.54 Å². The van der Waals surface area contributed by atoms with Gasteiger partial charge in [-0.3, -0.25) is 0 Å². The molecule has 1 heterocycles. The van der Waals surface area contributed by atoms with E-state index in [4.69, 9.17) is 0 Å². The topological polar surface area (TPSA) is 3.24 Å². The fourth-order valence-corrected chi connectivity index (χ4v) is 2.38. The van der Waals surface area contributed by atoms with Gasteiger partial charge in [0.05, 0.1) is 12.2 Å². The van der Waals surface area contributed by atoms with Crippen molar-refractivity contribution in [3.63, 3.8) is 0 Å². The van der Waals surface area contributed by atoms with Crippen LogP contribution in [0.4, 0.5) is 8.78 Å². The van der Waals surface area contributed by atoms with E-state index in [1.807, 2.05) is 43.3 Å². The maximum Gasteiger partial charge on any atom is 0.256 e. The monoisotopic (exact) mass is 273 g/mol. The first kappa shape index (κ1) is 14.3. The second-order valence-electron chi connectivity index (χ2n) is 4.65. The molecular weight excluding hydrogens is 256 g/mol. The molecule has 0 aromatic heterocycles. The number of nitrogens with zero attached hydrogens (tertiary/aromatic N) is 1. The molecule has 0 bridgehead atoms. The highest BCUT2D eigenvalue weighted by Crippen LogP contribution is 2.35. The Morgan fingerprint density at radius 1 is 1.25 bits per heavy atom. The summed E-state index contributed by atoms with van der Waals surface area (Å²) in [5.41, 5.74) is 3.96. The molecule has 0 saturated carbocycles. The first-order valence-electron chi connectivity index (χ1n) is 6.40. The van der Waals surface area contributed by atoms with Gasteiger partial charge in [0.1, 0.15) is 0 Å². The Kier molecular flexibility index (Phi) is 4.18. The van der Waals surface area contributed by atoms with Crippen molar-refractivity contribution < 1.29 is 8.78 Å². The van der Waals surface area contributed by atoms with Crippen LogP contribution in [0.3, 0.4) is 0 Å². The van der Waals surface area contributed by atoms with Gasteiger partial charge in [-0.2, -0.15) is 0 Å². The highest BCUT2D eigenvalue weighted by atomic mass is 19.3. The van der Waals surface area contributed by atoms with Crippen LogP contribution >= 0.6 is 0 Å². The zero-order chi connectivity index (χ0) is 14.7. The van der Waals surface area contributed by atoms with E-state index in [0.717, 1.165) is 22.4 Å². The predicted molar refractivity (Wildman–Crippen MR) is 79.2 cm³/mol. The number of hydrogen-bond acceptors (Lipinski definition) is 1. The smallest absolute Gasteiger partial charge is 0.256 e. The van der Waals surface area contributed by atoms with Gasteiger partial charge in [0.15, 0.2) is 0 Å². The molecule has 20 heavy (non-hydrogen) atoms. The summed E-state index contributed by atoms with van der Waals surface area (Å²) in [5, 5.41) is 0. The predicted octanol–water partition coefficient (Wildman–Crippen LogP) is 4.62. The molecule has 0 N–H and O–H groups in total. The average Bonchev–Trinajstić information content (AvgIpc) is 2.43. The summed E-state index contributed by atoms with van der Waals surface area (Å²) < 4.78 is 25.8. The lowest BCUT2D eigenvalue weighted by Crippen LogP contribution is -2.30. The summed E-state index contributed by atoms with van der Waals surface area (Å²) in [6.07, 6.45) is 1.15. The van der Waals surface area contributed by atoms with Crippen molar-refractivity contribution in [3.05, 3.63) is 78.0 Å². The average molecular weight is 273 g/mol. The third-order valence-electron chi connectivity index (χ3n) is 3.26. The lowest BCUT2D eigenvalue weighted by atomic mass is 9.97. The van der Waals surface area contributed by atoms with Crippen molar-refractivity contribution in [2.24, 2.45) is 0 Å². The van der Waals surface area contributed by atoms with Crippen LogP contribution in [0.5, 0.6) is 0 Å². The Hall–Kier alpha value is -2.16. The van der Waals surface area contributed by atoms with E-state index in [1.165, 1.54) is 0 Å². The Labute approximate surface area is 118 Å². The van der Waals surface area contributed by atoms with E-state index >= 15 is 0 Å². The molecule has 1 aliphatic rings. The Morgan fingerprint density at radius 3 is 2.45 bits per heavy atom. The number of alkyl halides is 2. The van der Waals surface area contributed by atoms with Crippen molar-refractivity contribution >= 4 is 5.70 Å². The minimum absolute atomic E-state index is 0.369. The Bertz CT molecular complexity index is 582. The molecule has 0 radical (unpaired) electrons. The Morgan fingerprint density at radius 2 is 1.90 bits per heavy atom. The van der Waals surface area contributed by atoms with Crippen LogP contribution in [0.25, 0.3) is 5.70 Å². The van der Waals surface area contributed by atoms with Crippen molar-refractivity contribution in [1.82, 2.24) is 4.90 Å². The molecule has 0 unspecified atom stereocenters. The van der Waals surface area contributed by atoms with Crippen LogP contribution in [-0.2, 0) is 0 Å². The van der Waals surface area contributed by atoms with E-state index in [2.05, 4.69) is 13.2 Å². The molecule has 1 aliphatic heterocycles. The SMILES string of the molecule is C=CC1=CC(C)=C(c2ccccc2)N(CC(F)F)C1=C. The zero-order valence-electron chi connectivity index (χ0n) is 11.4. The van der Waals surface area contributed by atoms with E-state index in [0.29, 0.717) is 5.70 Å². The van der Waals surface area contributed by atoms with Crippen molar-refractivity contribution in [1.29, 1.82) is 0 Å². The molecule has 1 aromatic carbocycles. The van der Waals surface area contributed by atoms with Gasteiger partial charge < -0.3 is 4.90 Å². The van der Waals surface area contributed by atoms with Gasteiger partial charge in [0.2, 0.25) is 0 Å². The van der Waals surface area contributed by atoms with Crippen LogP contribution < -0.4 is 0 Å². The number of halogens is 2. The van der Waals surface area contributed by atoms with Gasteiger partial charge in [-0.15, -0.1) is 0 Å². The van der Waals surface area contributed by atoms with Gasteiger partial charge in [-0.05, 0) is 29.7 Å². The molecule has 1 nitrogen and oxygen atoms in total. The van der Waals surface area contributed by atoms with Gasteiger partial charge in [0, 0.05) is 5.70 Å². The minimum atomic E-state index is -2.43. The molecular formula is C17H17F2N. The summed E-state index contributed by atoms with van der Waals surface area (Å²) in [5.74, 6) is 0. The number of rotatable bonds is 4. The third kappa shape index (κ3) is 2.72. The van der Waals surface area contributed by atoms with Crippen LogP contribution in [0, 0.1) is 0 Å². The molecule has 0 aliphatic carbocycles. The highest BCUT2D eigenvalue weighted by molar-refractivity contribution is 5.74. The first-order valence-corrected chi connectivity index (χ1v) is 6.40. The third-order valence-corrected chi connectivity index (χ3v) is 3.26. The molecule has 0 spiro atoms. The van der Waals surface area contributed by atoms with Gasteiger partial charge in [0.25, 0.3) is 6.43 Å². The maximum atomic E-state index is 12.9. The lowest BCUT2D eigenvalue weighted by Gasteiger charge is -2.34. The maximum absolute atomic E-state index is 12.9. The van der Waals surface area contributed by atoms with Crippen LogP contribution in [0.2, 0.25) is 0 Å². The molecule has 3 heteroatoms. The molecule has 2 rings (SSSR count). The standard InChI is InChI=1S/C17H17F2N/c1-4-14-10-12(2)17(15-8-6-5-7-9-15)20(13(14)3)11-16(18)19/h4-10,16H,1,3,11H2,2H3. The molecule has 0 atom stereocenters. The lowest BCUT2D eigenvalue weighted by molar-refractivity contribution is 0.123. The summed E-state index contributed by atoms with van der Waals surface area (Å²) in [6, 6.07) is 9.52. The number of hydrogen-bond donors (Lipinski definition) is 0. The molecule has 0 saturated heterocycles. The fourth-order valence-electron chi connectivity index (χ4n) is 2.38. The van der Waals surface area contributed by atoms with Crippen molar-refractivity contribution in [2.75, 3.05) is 6.54 Å². The molecule has 104 valence electrons. The quantitative estimate of drug-likeness (QED) is 0.773. The van der Waals surface area contributed by atoms with E-state index in [9.17, 15) is 8.78 Å².